The average Bonchev–Trinajstić information content (AvgIpc) is 2.39. The largest absolute Gasteiger partial charge is 0.496 e. The van der Waals surface area contributed by atoms with E-state index in [1.54, 1.807) is 7.11 Å². The lowest BCUT2D eigenvalue weighted by Gasteiger charge is -2.41. The minimum Gasteiger partial charge on any atom is -0.496 e. The van der Waals surface area contributed by atoms with Crippen LogP contribution < -0.4 is 10.1 Å². The van der Waals surface area contributed by atoms with Crippen molar-refractivity contribution in [2.24, 2.45) is 0 Å². The van der Waals surface area contributed by atoms with Gasteiger partial charge in [-0.15, -0.1) is 0 Å². The Morgan fingerprint density at radius 3 is 2.53 bits per heavy atom. The Morgan fingerprint density at radius 1 is 1.29 bits per heavy atom. The van der Waals surface area contributed by atoms with Gasteiger partial charge in [0, 0.05) is 11.0 Å². The van der Waals surface area contributed by atoms with Crippen LogP contribution in [0, 0.1) is 0 Å². The van der Waals surface area contributed by atoms with Crippen LogP contribution in [-0.2, 0) is 5.41 Å². The maximum absolute atomic E-state index is 10.2. The molecule has 1 heterocycles. The Labute approximate surface area is 103 Å². The first kappa shape index (κ1) is 12.4. The van der Waals surface area contributed by atoms with Crippen LogP contribution in [0.15, 0.2) is 24.3 Å². The number of methoxy groups -OCH3 is 1. The van der Waals surface area contributed by atoms with Crippen molar-refractivity contribution in [3.8, 4) is 5.75 Å². The van der Waals surface area contributed by atoms with Crippen molar-refractivity contribution in [2.45, 2.75) is 31.3 Å². The first-order valence-electron chi connectivity index (χ1n) is 6.23. The molecule has 1 fully saturated rings. The molecule has 3 heteroatoms. The maximum Gasteiger partial charge on any atom is 0.122 e. The van der Waals surface area contributed by atoms with Crippen LogP contribution in [0.2, 0.25) is 0 Å². The van der Waals surface area contributed by atoms with Crippen molar-refractivity contribution in [1.29, 1.82) is 0 Å². The van der Waals surface area contributed by atoms with Gasteiger partial charge in [-0.3, -0.25) is 0 Å². The number of para-hydroxylation sites is 1. The summed E-state index contributed by atoms with van der Waals surface area (Å²) >= 11 is 0. The summed E-state index contributed by atoms with van der Waals surface area (Å²) in [7, 11) is 1.69. The van der Waals surface area contributed by atoms with Gasteiger partial charge in [0.1, 0.15) is 5.75 Å². The number of hydrogen-bond acceptors (Lipinski definition) is 3. The highest BCUT2D eigenvalue weighted by molar-refractivity contribution is 5.41. The molecule has 1 aliphatic heterocycles. The Morgan fingerprint density at radius 2 is 1.94 bits per heavy atom. The van der Waals surface area contributed by atoms with Crippen molar-refractivity contribution in [3.05, 3.63) is 29.8 Å². The second kappa shape index (κ2) is 5.07. The topological polar surface area (TPSA) is 41.5 Å². The van der Waals surface area contributed by atoms with E-state index in [1.807, 2.05) is 25.1 Å². The van der Waals surface area contributed by atoms with Crippen molar-refractivity contribution >= 4 is 0 Å². The number of rotatable bonds is 3. The lowest BCUT2D eigenvalue weighted by Crippen LogP contribution is -2.46. The molecule has 0 saturated carbocycles. The van der Waals surface area contributed by atoms with Crippen LogP contribution in [0.5, 0.6) is 5.75 Å². The molecule has 17 heavy (non-hydrogen) atoms. The third kappa shape index (κ3) is 2.17. The van der Waals surface area contributed by atoms with Gasteiger partial charge >= 0.3 is 0 Å². The molecule has 0 aromatic heterocycles. The second-order valence-electron chi connectivity index (χ2n) is 4.78. The third-order valence-corrected chi connectivity index (χ3v) is 3.94. The van der Waals surface area contributed by atoms with E-state index in [0.717, 1.165) is 37.2 Å². The molecule has 1 aromatic rings. The van der Waals surface area contributed by atoms with E-state index in [4.69, 9.17) is 4.74 Å². The van der Waals surface area contributed by atoms with Gasteiger partial charge in [-0.25, -0.2) is 0 Å². The molecule has 94 valence electrons. The van der Waals surface area contributed by atoms with Crippen molar-refractivity contribution in [3.63, 3.8) is 0 Å². The predicted molar refractivity (Wildman–Crippen MR) is 68.5 cm³/mol. The van der Waals surface area contributed by atoms with Crippen molar-refractivity contribution in [1.82, 2.24) is 5.32 Å². The van der Waals surface area contributed by atoms with E-state index < -0.39 is 0 Å². The first-order valence-corrected chi connectivity index (χ1v) is 6.23. The molecule has 1 unspecified atom stereocenters. The quantitative estimate of drug-likeness (QED) is 0.838. The molecule has 1 aliphatic rings. The van der Waals surface area contributed by atoms with Crippen LogP contribution in [0.25, 0.3) is 0 Å². The number of nitrogens with one attached hydrogen (secondary N) is 1. The van der Waals surface area contributed by atoms with E-state index in [9.17, 15) is 5.11 Å². The molecule has 0 aliphatic carbocycles. The Hall–Kier alpha value is -1.06. The van der Waals surface area contributed by atoms with Gasteiger partial charge in [-0.2, -0.15) is 0 Å². The van der Waals surface area contributed by atoms with E-state index in [-0.39, 0.29) is 11.5 Å². The highest BCUT2D eigenvalue weighted by Crippen LogP contribution is 2.41. The molecular formula is C14H21NO2. The molecule has 2 N–H and O–H groups in total. The highest BCUT2D eigenvalue weighted by Gasteiger charge is 2.40. The summed E-state index contributed by atoms with van der Waals surface area (Å²) in [5, 5.41) is 13.6. The van der Waals surface area contributed by atoms with Crippen LogP contribution in [0.1, 0.15) is 25.3 Å². The minimum atomic E-state index is -0.360. The fraction of sp³-hybridized carbons (Fsp3) is 0.571. The van der Waals surface area contributed by atoms with Crippen molar-refractivity contribution < 1.29 is 9.84 Å². The molecule has 0 radical (unpaired) electrons. The molecule has 0 amide bonds. The van der Waals surface area contributed by atoms with Crippen LogP contribution in [0.3, 0.4) is 0 Å². The summed E-state index contributed by atoms with van der Waals surface area (Å²) in [5.74, 6) is 0.885. The first-order chi connectivity index (χ1) is 8.20. The minimum absolute atomic E-state index is 0.169. The summed E-state index contributed by atoms with van der Waals surface area (Å²) in [4.78, 5) is 0. The standard InChI is InChI=1S/C14H21NO2/c1-11(16)14(7-9-15-10-8-14)12-5-3-4-6-13(12)17-2/h3-6,11,15-16H,7-10H2,1-2H3. The van der Waals surface area contributed by atoms with Crippen LogP contribution in [-0.4, -0.2) is 31.4 Å². The van der Waals surface area contributed by atoms with Crippen molar-refractivity contribution in [2.75, 3.05) is 20.2 Å². The Balaban J connectivity index is 2.44. The summed E-state index contributed by atoms with van der Waals surface area (Å²) in [6.07, 6.45) is 1.54. The van der Waals surface area contributed by atoms with Crippen LogP contribution >= 0.6 is 0 Å². The zero-order chi connectivity index (χ0) is 12.3. The maximum atomic E-state index is 10.2. The fourth-order valence-corrected chi connectivity index (χ4v) is 2.84. The van der Waals surface area contributed by atoms with Gasteiger partial charge in [0.25, 0.3) is 0 Å². The molecule has 0 spiro atoms. The molecule has 3 nitrogen and oxygen atoms in total. The number of piperidine rings is 1. The van der Waals surface area contributed by atoms with Gasteiger partial charge in [0.05, 0.1) is 13.2 Å². The van der Waals surface area contributed by atoms with Gasteiger partial charge in [0.15, 0.2) is 0 Å². The molecule has 2 rings (SSSR count). The van der Waals surface area contributed by atoms with E-state index in [2.05, 4.69) is 11.4 Å². The van der Waals surface area contributed by atoms with Crippen LogP contribution in [0.4, 0.5) is 0 Å². The Bertz CT molecular complexity index is 370. The summed E-state index contributed by atoms with van der Waals surface area (Å²) in [5.41, 5.74) is 0.969. The normalized spacial score (nSPS) is 20.9. The number of benzene rings is 1. The van der Waals surface area contributed by atoms with E-state index in [1.165, 1.54) is 0 Å². The molecule has 1 saturated heterocycles. The number of hydrogen-bond donors (Lipinski definition) is 2. The summed E-state index contributed by atoms with van der Waals surface area (Å²) in [6, 6.07) is 8.04. The number of aliphatic hydroxyl groups is 1. The lowest BCUT2D eigenvalue weighted by atomic mass is 9.69. The number of ether oxygens (including phenoxy) is 1. The zero-order valence-electron chi connectivity index (χ0n) is 10.6. The molecule has 0 bridgehead atoms. The molecular weight excluding hydrogens is 214 g/mol. The predicted octanol–water partition coefficient (Wildman–Crippen LogP) is 1.70. The Kier molecular flexibility index (Phi) is 3.69. The van der Waals surface area contributed by atoms with Gasteiger partial charge in [-0.05, 0) is 38.9 Å². The van der Waals surface area contributed by atoms with E-state index in [0.29, 0.717) is 0 Å². The van der Waals surface area contributed by atoms with Gasteiger partial charge in [-0.1, -0.05) is 18.2 Å². The monoisotopic (exact) mass is 235 g/mol. The zero-order valence-corrected chi connectivity index (χ0v) is 10.6. The van der Waals surface area contributed by atoms with E-state index >= 15 is 0 Å². The molecule has 1 atom stereocenters. The summed E-state index contributed by atoms with van der Waals surface area (Å²) < 4.78 is 5.44. The number of aliphatic hydroxyl groups excluding tert-OH is 1. The highest BCUT2D eigenvalue weighted by atomic mass is 16.5. The lowest BCUT2D eigenvalue weighted by molar-refractivity contribution is 0.0714. The summed E-state index contributed by atoms with van der Waals surface area (Å²) in [6.45, 7) is 3.78. The van der Waals surface area contributed by atoms with Gasteiger partial charge in [0.2, 0.25) is 0 Å². The SMILES string of the molecule is COc1ccccc1C1(C(C)O)CCNCC1. The third-order valence-electron chi connectivity index (χ3n) is 3.94. The average molecular weight is 235 g/mol. The fourth-order valence-electron chi connectivity index (χ4n) is 2.84. The van der Waals surface area contributed by atoms with Gasteiger partial charge < -0.3 is 15.2 Å². The smallest absolute Gasteiger partial charge is 0.122 e. The second-order valence-corrected chi connectivity index (χ2v) is 4.78. The molecule has 1 aromatic carbocycles.